The summed E-state index contributed by atoms with van der Waals surface area (Å²) in [5, 5.41) is 7.63. The predicted molar refractivity (Wildman–Crippen MR) is 78.3 cm³/mol. The Labute approximate surface area is 112 Å². The molecule has 0 spiro atoms. The Morgan fingerprint density at radius 3 is 2.61 bits per heavy atom. The van der Waals surface area contributed by atoms with Crippen molar-refractivity contribution in [2.75, 3.05) is 5.32 Å². The smallest absolute Gasteiger partial charge is 0.106 e. The summed E-state index contributed by atoms with van der Waals surface area (Å²) in [5.41, 5.74) is 10.5. The third-order valence-corrected chi connectivity index (χ3v) is 2.94. The number of hydrogen-bond acceptors (Lipinski definition) is 3. The molecule has 1 aromatic heterocycles. The molecule has 0 saturated carbocycles. The van der Waals surface area contributed by atoms with E-state index in [1.165, 1.54) is 0 Å². The summed E-state index contributed by atoms with van der Waals surface area (Å²) in [6.45, 7) is 3.99. The van der Waals surface area contributed by atoms with Crippen molar-refractivity contribution in [1.29, 1.82) is 0 Å². The van der Waals surface area contributed by atoms with Gasteiger partial charge in [0.2, 0.25) is 0 Å². The first kappa shape index (κ1) is 12.6. The van der Waals surface area contributed by atoms with E-state index < -0.39 is 0 Å². The number of aromatic nitrogens is 2. The second-order valence-corrected chi connectivity index (χ2v) is 4.78. The number of thiocarbonyl (C=S) groups is 1. The SMILES string of the molecule is Cc1ccc(C(N)=S)c(Nc2cn(C)nc2C)c1. The van der Waals surface area contributed by atoms with Crippen LogP contribution in [0, 0.1) is 13.8 Å². The van der Waals surface area contributed by atoms with Crippen molar-refractivity contribution >= 4 is 28.6 Å². The molecule has 3 N–H and O–H groups in total. The summed E-state index contributed by atoms with van der Waals surface area (Å²) >= 11 is 5.06. The van der Waals surface area contributed by atoms with Gasteiger partial charge in [0, 0.05) is 24.5 Å². The molecular formula is C13H16N4S. The van der Waals surface area contributed by atoms with E-state index >= 15 is 0 Å². The van der Waals surface area contributed by atoms with Crippen molar-refractivity contribution in [1.82, 2.24) is 9.78 Å². The van der Waals surface area contributed by atoms with Gasteiger partial charge in [-0.2, -0.15) is 5.10 Å². The second kappa shape index (κ2) is 4.78. The maximum atomic E-state index is 5.73. The number of benzene rings is 1. The van der Waals surface area contributed by atoms with E-state index in [0.29, 0.717) is 4.99 Å². The first-order chi connectivity index (χ1) is 8.47. The van der Waals surface area contributed by atoms with Crippen LogP contribution in [-0.2, 0) is 7.05 Å². The fourth-order valence-electron chi connectivity index (χ4n) is 1.84. The minimum absolute atomic E-state index is 0.388. The lowest BCUT2D eigenvalue weighted by atomic mass is 10.1. The highest BCUT2D eigenvalue weighted by molar-refractivity contribution is 7.80. The van der Waals surface area contributed by atoms with E-state index in [4.69, 9.17) is 18.0 Å². The maximum Gasteiger partial charge on any atom is 0.106 e. The number of nitrogens with two attached hydrogens (primary N) is 1. The Bertz CT molecular complexity index is 601. The molecule has 0 saturated heterocycles. The summed E-state index contributed by atoms with van der Waals surface area (Å²) < 4.78 is 1.77. The molecule has 0 radical (unpaired) electrons. The monoisotopic (exact) mass is 260 g/mol. The fourth-order valence-corrected chi connectivity index (χ4v) is 2.02. The lowest BCUT2D eigenvalue weighted by Crippen LogP contribution is -2.12. The highest BCUT2D eigenvalue weighted by atomic mass is 32.1. The quantitative estimate of drug-likeness (QED) is 0.832. The standard InChI is InChI=1S/C13H16N4S/c1-8-4-5-10(13(14)18)11(6-8)15-12-7-17(3)16-9(12)2/h4-7,15H,1-3H3,(H2,14,18). The molecule has 4 nitrogen and oxygen atoms in total. The zero-order valence-corrected chi connectivity index (χ0v) is 11.5. The number of aryl methyl sites for hydroxylation is 3. The highest BCUT2D eigenvalue weighted by Gasteiger charge is 2.09. The van der Waals surface area contributed by atoms with Crippen molar-refractivity contribution in [3.8, 4) is 0 Å². The molecular weight excluding hydrogens is 244 g/mol. The third-order valence-electron chi connectivity index (χ3n) is 2.72. The molecule has 0 atom stereocenters. The van der Waals surface area contributed by atoms with Gasteiger partial charge in [0.15, 0.2) is 0 Å². The van der Waals surface area contributed by atoms with Crippen LogP contribution < -0.4 is 11.1 Å². The molecule has 1 aromatic carbocycles. The van der Waals surface area contributed by atoms with Gasteiger partial charge in [0.1, 0.15) is 4.99 Å². The number of nitrogens with one attached hydrogen (secondary N) is 1. The molecule has 0 unspecified atom stereocenters. The van der Waals surface area contributed by atoms with Crippen LogP contribution in [0.3, 0.4) is 0 Å². The van der Waals surface area contributed by atoms with Gasteiger partial charge in [-0.3, -0.25) is 4.68 Å². The summed E-state index contributed by atoms with van der Waals surface area (Å²) in [6.07, 6.45) is 1.93. The van der Waals surface area contributed by atoms with Gasteiger partial charge in [0.05, 0.1) is 11.4 Å². The van der Waals surface area contributed by atoms with Crippen LogP contribution in [0.4, 0.5) is 11.4 Å². The zero-order chi connectivity index (χ0) is 13.3. The normalized spacial score (nSPS) is 10.4. The molecule has 2 aromatic rings. The van der Waals surface area contributed by atoms with Crippen molar-refractivity contribution in [2.24, 2.45) is 12.8 Å². The van der Waals surface area contributed by atoms with Gasteiger partial charge < -0.3 is 11.1 Å². The summed E-state index contributed by atoms with van der Waals surface area (Å²) in [7, 11) is 1.89. The van der Waals surface area contributed by atoms with Crippen LogP contribution in [0.25, 0.3) is 0 Å². The van der Waals surface area contributed by atoms with Gasteiger partial charge >= 0.3 is 0 Å². The van der Waals surface area contributed by atoms with Crippen LogP contribution in [0.2, 0.25) is 0 Å². The fraction of sp³-hybridized carbons (Fsp3) is 0.231. The molecule has 0 bridgehead atoms. The number of rotatable bonds is 3. The molecule has 5 heteroatoms. The minimum Gasteiger partial charge on any atom is -0.389 e. The van der Waals surface area contributed by atoms with Crippen LogP contribution >= 0.6 is 12.2 Å². The predicted octanol–water partition coefficient (Wildman–Crippen LogP) is 2.41. The summed E-state index contributed by atoms with van der Waals surface area (Å²) in [4.78, 5) is 0.388. The van der Waals surface area contributed by atoms with Crippen LogP contribution in [0.15, 0.2) is 24.4 Å². The molecule has 0 aliphatic rings. The summed E-state index contributed by atoms with van der Waals surface area (Å²) in [5.74, 6) is 0. The Morgan fingerprint density at radius 1 is 1.33 bits per heavy atom. The topological polar surface area (TPSA) is 55.9 Å². The Kier molecular flexibility index (Phi) is 3.34. The van der Waals surface area contributed by atoms with Gasteiger partial charge in [-0.25, -0.2) is 0 Å². The average Bonchev–Trinajstić information content (AvgIpc) is 2.57. The number of nitrogens with zero attached hydrogens (tertiary/aromatic N) is 2. The van der Waals surface area contributed by atoms with Crippen molar-refractivity contribution in [2.45, 2.75) is 13.8 Å². The lowest BCUT2D eigenvalue weighted by molar-refractivity contribution is 0.756. The highest BCUT2D eigenvalue weighted by Crippen LogP contribution is 2.24. The second-order valence-electron chi connectivity index (χ2n) is 4.34. The minimum atomic E-state index is 0.388. The number of anilines is 2. The zero-order valence-electron chi connectivity index (χ0n) is 10.7. The van der Waals surface area contributed by atoms with E-state index in [2.05, 4.69) is 10.4 Å². The van der Waals surface area contributed by atoms with Gasteiger partial charge in [0.25, 0.3) is 0 Å². The lowest BCUT2D eigenvalue weighted by Gasteiger charge is -2.11. The Morgan fingerprint density at radius 2 is 2.06 bits per heavy atom. The summed E-state index contributed by atoms with van der Waals surface area (Å²) in [6, 6.07) is 5.96. The van der Waals surface area contributed by atoms with E-state index in [1.807, 2.05) is 45.3 Å². The number of hydrogen-bond donors (Lipinski definition) is 2. The van der Waals surface area contributed by atoms with E-state index in [9.17, 15) is 0 Å². The molecule has 0 aliphatic carbocycles. The molecule has 0 amide bonds. The first-order valence-corrected chi connectivity index (χ1v) is 6.06. The molecule has 1 heterocycles. The largest absolute Gasteiger partial charge is 0.389 e. The van der Waals surface area contributed by atoms with Gasteiger partial charge in [-0.1, -0.05) is 18.3 Å². The molecule has 18 heavy (non-hydrogen) atoms. The molecule has 2 rings (SSSR count). The van der Waals surface area contributed by atoms with Gasteiger partial charge in [-0.05, 0) is 31.5 Å². The van der Waals surface area contributed by atoms with Crippen LogP contribution in [0.1, 0.15) is 16.8 Å². The average molecular weight is 260 g/mol. The van der Waals surface area contributed by atoms with Gasteiger partial charge in [-0.15, -0.1) is 0 Å². The maximum absolute atomic E-state index is 5.73. The Hall–Kier alpha value is -1.88. The Balaban J connectivity index is 2.42. The molecule has 0 fully saturated rings. The van der Waals surface area contributed by atoms with Crippen LogP contribution in [0.5, 0.6) is 0 Å². The molecule has 94 valence electrons. The van der Waals surface area contributed by atoms with Crippen molar-refractivity contribution in [3.63, 3.8) is 0 Å². The van der Waals surface area contributed by atoms with Crippen LogP contribution in [-0.4, -0.2) is 14.8 Å². The van der Waals surface area contributed by atoms with E-state index in [0.717, 1.165) is 28.2 Å². The van der Waals surface area contributed by atoms with Crippen molar-refractivity contribution < 1.29 is 0 Å². The third kappa shape index (κ3) is 2.51. The first-order valence-electron chi connectivity index (χ1n) is 5.65. The molecule has 0 aliphatic heterocycles. The van der Waals surface area contributed by atoms with E-state index in [1.54, 1.807) is 4.68 Å². The van der Waals surface area contributed by atoms with Crippen molar-refractivity contribution in [3.05, 3.63) is 41.2 Å². The van der Waals surface area contributed by atoms with E-state index in [-0.39, 0.29) is 0 Å².